The maximum atomic E-state index is 13.4. The van der Waals surface area contributed by atoms with Gasteiger partial charge in [0.05, 0.1) is 12.0 Å². The topological polar surface area (TPSA) is 61.8 Å². The molecular weight excluding hydrogens is 430 g/mol. The third kappa shape index (κ3) is 3.90. The van der Waals surface area contributed by atoms with Gasteiger partial charge in [-0.3, -0.25) is 4.79 Å². The van der Waals surface area contributed by atoms with Crippen LogP contribution in [0.2, 0.25) is 0 Å². The SMILES string of the molecule is CC(F)(F)C(=O)OC1C2CC3CC1CC(C(=O)OCOCC14CC5CC(CC(C5)C1)C4)(C3)C2. The molecule has 0 aliphatic heterocycles. The van der Waals surface area contributed by atoms with Crippen LogP contribution >= 0.6 is 0 Å². The van der Waals surface area contributed by atoms with Gasteiger partial charge in [-0.2, -0.15) is 8.78 Å². The molecule has 0 spiro atoms. The molecule has 5 nitrogen and oxygen atoms in total. The largest absolute Gasteiger partial charge is 0.457 e. The fourth-order valence-corrected chi connectivity index (χ4v) is 9.62. The van der Waals surface area contributed by atoms with E-state index in [9.17, 15) is 18.4 Å². The van der Waals surface area contributed by atoms with Gasteiger partial charge in [-0.05, 0) is 112 Å². The van der Waals surface area contributed by atoms with Crippen LogP contribution in [0.4, 0.5) is 8.78 Å². The summed E-state index contributed by atoms with van der Waals surface area (Å²) in [5.41, 5.74) is -0.279. The van der Waals surface area contributed by atoms with Gasteiger partial charge in [0.2, 0.25) is 0 Å². The minimum absolute atomic E-state index is 0.00278. The van der Waals surface area contributed by atoms with Crippen molar-refractivity contribution in [1.29, 1.82) is 0 Å². The van der Waals surface area contributed by atoms with E-state index in [0.29, 0.717) is 37.7 Å². The van der Waals surface area contributed by atoms with E-state index in [-0.39, 0.29) is 24.6 Å². The molecule has 0 aromatic rings. The summed E-state index contributed by atoms with van der Waals surface area (Å²) >= 11 is 0. The number of halogens is 2. The Hall–Kier alpha value is -1.24. The molecule has 0 radical (unpaired) electrons. The van der Waals surface area contributed by atoms with Crippen LogP contribution in [0.3, 0.4) is 0 Å². The van der Waals surface area contributed by atoms with Crippen LogP contribution in [0.25, 0.3) is 0 Å². The first-order valence-corrected chi connectivity index (χ1v) is 13.0. The first-order valence-electron chi connectivity index (χ1n) is 13.0. The van der Waals surface area contributed by atoms with E-state index in [2.05, 4.69) is 0 Å². The lowest BCUT2D eigenvalue weighted by atomic mass is 9.48. The zero-order chi connectivity index (χ0) is 23.0. The first kappa shape index (κ1) is 22.2. The first-order chi connectivity index (χ1) is 15.6. The number of carbonyl (C=O) groups excluding carboxylic acids is 2. The number of carbonyl (C=O) groups is 2. The number of rotatable bonds is 7. The lowest BCUT2D eigenvalue weighted by molar-refractivity contribution is -0.212. The Balaban J connectivity index is 1.03. The van der Waals surface area contributed by atoms with Crippen LogP contribution in [-0.4, -0.2) is 37.4 Å². The minimum atomic E-state index is -3.49. The Bertz CT molecular complexity index is 769. The number of alkyl halides is 2. The number of hydrogen-bond acceptors (Lipinski definition) is 5. The van der Waals surface area contributed by atoms with Gasteiger partial charge in [-0.15, -0.1) is 0 Å². The highest BCUT2D eigenvalue weighted by atomic mass is 19.3. The molecule has 33 heavy (non-hydrogen) atoms. The number of hydrogen-bond donors (Lipinski definition) is 0. The molecule has 7 heteroatoms. The zero-order valence-electron chi connectivity index (χ0n) is 19.5. The van der Waals surface area contributed by atoms with Crippen molar-refractivity contribution in [1.82, 2.24) is 0 Å². The molecular formula is C26H36F2O5. The van der Waals surface area contributed by atoms with Crippen LogP contribution in [0, 0.1) is 46.3 Å². The summed E-state index contributed by atoms with van der Waals surface area (Å²) in [5.74, 6) is -2.25. The monoisotopic (exact) mass is 466 g/mol. The molecule has 8 fully saturated rings. The molecule has 2 unspecified atom stereocenters. The summed E-state index contributed by atoms with van der Waals surface area (Å²) < 4.78 is 43.7. The third-order valence-corrected chi connectivity index (χ3v) is 10.1. The van der Waals surface area contributed by atoms with E-state index in [1.807, 2.05) is 0 Å². The lowest BCUT2D eigenvalue weighted by Gasteiger charge is -2.58. The Labute approximate surface area is 194 Å². The average Bonchev–Trinajstić information content (AvgIpc) is 2.71. The van der Waals surface area contributed by atoms with E-state index >= 15 is 0 Å². The van der Waals surface area contributed by atoms with Gasteiger partial charge in [0, 0.05) is 6.92 Å². The molecule has 8 bridgehead atoms. The van der Waals surface area contributed by atoms with Gasteiger partial charge in [-0.1, -0.05) is 0 Å². The standard InChI is InChI=1S/C26H36F2O5/c1-24(27,28)22(29)33-21-19-5-18-6-20(21)12-26(10-18,11-19)23(30)32-14-31-13-25-7-15-2-16(8-25)4-17(3-15)9-25/h15-21H,2-14H2,1H3. The van der Waals surface area contributed by atoms with Crippen molar-refractivity contribution in [3.05, 3.63) is 0 Å². The highest BCUT2D eigenvalue weighted by Crippen LogP contribution is 2.62. The molecule has 184 valence electrons. The second-order valence-electron chi connectivity index (χ2n) is 12.8. The van der Waals surface area contributed by atoms with E-state index in [1.165, 1.54) is 38.5 Å². The Morgan fingerprint density at radius 1 is 0.848 bits per heavy atom. The lowest BCUT2D eigenvalue weighted by Crippen LogP contribution is -2.58. The summed E-state index contributed by atoms with van der Waals surface area (Å²) in [6, 6.07) is 0. The van der Waals surface area contributed by atoms with Gasteiger partial charge in [0.25, 0.3) is 0 Å². The predicted molar refractivity (Wildman–Crippen MR) is 114 cm³/mol. The van der Waals surface area contributed by atoms with Crippen LogP contribution in [0.15, 0.2) is 0 Å². The van der Waals surface area contributed by atoms with E-state index in [1.54, 1.807) is 0 Å². The van der Waals surface area contributed by atoms with Crippen molar-refractivity contribution >= 4 is 11.9 Å². The predicted octanol–water partition coefficient (Wildman–Crippen LogP) is 5.11. The van der Waals surface area contributed by atoms with E-state index in [0.717, 1.165) is 37.0 Å². The number of ether oxygens (including phenoxy) is 3. The Kier molecular flexibility index (Phi) is 5.14. The second-order valence-corrected chi connectivity index (χ2v) is 12.8. The second kappa shape index (κ2) is 7.63. The fraction of sp³-hybridized carbons (Fsp3) is 0.923. The maximum Gasteiger partial charge on any atom is 0.376 e. The maximum absolute atomic E-state index is 13.4. The molecule has 0 amide bonds. The average molecular weight is 467 g/mol. The van der Waals surface area contributed by atoms with Gasteiger partial charge in [0.15, 0.2) is 6.79 Å². The highest BCUT2D eigenvalue weighted by molar-refractivity contribution is 5.78. The summed E-state index contributed by atoms with van der Waals surface area (Å²) in [6.07, 6.45) is 11.0. The Morgan fingerprint density at radius 2 is 1.39 bits per heavy atom. The summed E-state index contributed by atoms with van der Waals surface area (Å²) in [7, 11) is 0. The van der Waals surface area contributed by atoms with Gasteiger partial charge < -0.3 is 14.2 Å². The summed E-state index contributed by atoms with van der Waals surface area (Å²) in [6.45, 7) is 1.27. The molecule has 0 aromatic carbocycles. The minimum Gasteiger partial charge on any atom is -0.457 e. The van der Waals surface area contributed by atoms with Gasteiger partial charge >= 0.3 is 17.9 Å². The zero-order valence-corrected chi connectivity index (χ0v) is 19.5. The van der Waals surface area contributed by atoms with Crippen LogP contribution in [0.5, 0.6) is 0 Å². The normalized spacial score (nSPS) is 47.1. The summed E-state index contributed by atoms with van der Waals surface area (Å²) in [5, 5.41) is 0. The molecule has 8 saturated carbocycles. The van der Waals surface area contributed by atoms with Crippen molar-refractivity contribution in [2.45, 2.75) is 89.6 Å². The van der Waals surface area contributed by atoms with Gasteiger partial charge in [-0.25, -0.2) is 4.79 Å². The molecule has 8 rings (SSSR count). The van der Waals surface area contributed by atoms with E-state index < -0.39 is 23.4 Å². The van der Waals surface area contributed by atoms with Crippen molar-refractivity contribution in [2.24, 2.45) is 46.3 Å². The smallest absolute Gasteiger partial charge is 0.376 e. The molecule has 0 aromatic heterocycles. The van der Waals surface area contributed by atoms with Crippen LogP contribution in [-0.2, 0) is 23.8 Å². The third-order valence-electron chi connectivity index (χ3n) is 10.1. The molecule has 0 saturated heterocycles. The Morgan fingerprint density at radius 3 is 1.94 bits per heavy atom. The molecule has 8 aliphatic rings. The van der Waals surface area contributed by atoms with Crippen LogP contribution < -0.4 is 0 Å². The van der Waals surface area contributed by atoms with Crippen molar-refractivity contribution in [3.8, 4) is 0 Å². The molecule has 0 heterocycles. The highest BCUT2D eigenvalue weighted by Gasteiger charge is 2.61. The van der Waals surface area contributed by atoms with Crippen LogP contribution in [0.1, 0.15) is 77.6 Å². The molecule has 2 atom stereocenters. The molecule has 8 aliphatic carbocycles. The summed E-state index contributed by atoms with van der Waals surface area (Å²) in [4.78, 5) is 25.0. The quantitative estimate of drug-likeness (QED) is 0.296. The van der Waals surface area contributed by atoms with Gasteiger partial charge in [0.1, 0.15) is 6.10 Å². The van der Waals surface area contributed by atoms with Crippen molar-refractivity contribution in [2.75, 3.05) is 13.4 Å². The fourth-order valence-electron chi connectivity index (χ4n) is 9.62. The van der Waals surface area contributed by atoms with Crippen molar-refractivity contribution < 1.29 is 32.6 Å². The number of esters is 2. The molecule has 0 N–H and O–H groups in total. The van der Waals surface area contributed by atoms with E-state index in [4.69, 9.17) is 14.2 Å². The van der Waals surface area contributed by atoms with Crippen molar-refractivity contribution in [3.63, 3.8) is 0 Å².